The molecule has 0 aliphatic heterocycles. The molecule has 0 amide bonds. The fourth-order valence-corrected chi connectivity index (χ4v) is 1.19. The van der Waals surface area contributed by atoms with Crippen LogP contribution in [0.25, 0.3) is 0 Å². The minimum absolute atomic E-state index is 0.178. The van der Waals surface area contributed by atoms with Crippen LogP contribution in [0.2, 0.25) is 0 Å². The number of hydrogen-bond acceptors (Lipinski definition) is 4. The summed E-state index contributed by atoms with van der Waals surface area (Å²) in [7, 11) is 0. The van der Waals surface area contributed by atoms with Gasteiger partial charge in [-0.25, -0.2) is 4.39 Å². The van der Waals surface area contributed by atoms with Crippen molar-refractivity contribution in [3.8, 4) is 0 Å². The van der Waals surface area contributed by atoms with E-state index >= 15 is 0 Å². The van der Waals surface area contributed by atoms with Crippen LogP contribution in [0, 0.1) is 26.0 Å². The number of rotatable bonds is 2. The summed E-state index contributed by atoms with van der Waals surface area (Å²) in [5, 5.41) is 20.5. The van der Waals surface area contributed by atoms with Gasteiger partial charge in [-0.05, 0) is 12.1 Å². The first-order valence-electron chi connectivity index (χ1n) is 5.10. The van der Waals surface area contributed by atoms with Crippen LogP contribution in [0.5, 0.6) is 0 Å². The van der Waals surface area contributed by atoms with Gasteiger partial charge in [-0.3, -0.25) is 20.2 Å². The van der Waals surface area contributed by atoms with E-state index in [9.17, 15) is 24.6 Å². The van der Waals surface area contributed by atoms with Gasteiger partial charge < -0.3 is 0 Å². The molecule has 7 heteroatoms. The maximum absolute atomic E-state index is 11.9. The molecule has 0 aliphatic rings. The molecule has 0 fully saturated rings. The van der Waals surface area contributed by atoms with Gasteiger partial charge >= 0.3 is 11.4 Å². The Balaban J connectivity index is 0.000000218. The SMILES string of the molecule is Fc1ccccc1.O=[N+]([O-])c1ccccc1[N+](=O)[O-]. The summed E-state index contributed by atoms with van der Waals surface area (Å²) in [6.07, 6.45) is 0. The Kier molecular flexibility index (Phi) is 5.09. The Hall–Kier alpha value is -2.83. The number of benzene rings is 2. The number of nitro benzene ring substituents is 2. The van der Waals surface area contributed by atoms with Crippen LogP contribution in [0.1, 0.15) is 0 Å². The molecular weight excluding hydrogens is 255 g/mol. The molecule has 0 N–H and O–H groups in total. The van der Waals surface area contributed by atoms with Gasteiger partial charge in [-0.15, -0.1) is 0 Å². The summed E-state index contributed by atoms with van der Waals surface area (Å²) in [6, 6.07) is 12.9. The predicted molar refractivity (Wildman–Crippen MR) is 66.2 cm³/mol. The molecule has 19 heavy (non-hydrogen) atoms. The lowest BCUT2D eigenvalue weighted by Crippen LogP contribution is -1.95. The standard InChI is InChI=1S/C6H5F.C6H4N2O4/c7-6-4-2-1-3-5-6;9-7(10)5-3-1-2-4-6(5)8(11)12/h1-5H;1-4H. The van der Waals surface area contributed by atoms with E-state index in [0.717, 1.165) is 12.1 Å². The highest BCUT2D eigenvalue weighted by Crippen LogP contribution is 2.24. The lowest BCUT2D eigenvalue weighted by Gasteiger charge is -1.91. The predicted octanol–water partition coefficient (Wildman–Crippen LogP) is 3.33. The highest BCUT2D eigenvalue weighted by molar-refractivity contribution is 5.51. The second-order valence-corrected chi connectivity index (χ2v) is 3.30. The number of nitrogens with zero attached hydrogens (tertiary/aromatic N) is 2. The van der Waals surface area contributed by atoms with Crippen molar-refractivity contribution in [3.63, 3.8) is 0 Å². The molecule has 0 spiro atoms. The first-order chi connectivity index (χ1) is 9.02. The summed E-state index contributed by atoms with van der Waals surface area (Å²) >= 11 is 0. The molecule has 2 aromatic carbocycles. The van der Waals surface area contributed by atoms with Crippen LogP contribution >= 0.6 is 0 Å². The smallest absolute Gasteiger partial charge is 0.258 e. The molecule has 0 heterocycles. The highest BCUT2D eigenvalue weighted by Gasteiger charge is 2.21. The molecule has 2 aromatic rings. The zero-order valence-corrected chi connectivity index (χ0v) is 9.60. The molecular formula is C12H9FN2O4. The second kappa shape index (κ2) is 6.80. The Labute approximate surface area is 107 Å². The minimum Gasteiger partial charge on any atom is -0.258 e. The molecule has 0 saturated carbocycles. The topological polar surface area (TPSA) is 86.3 Å². The van der Waals surface area contributed by atoms with Crippen molar-refractivity contribution in [2.24, 2.45) is 0 Å². The van der Waals surface area contributed by atoms with Crippen molar-refractivity contribution in [2.45, 2.75) is 0 Å². The third-order valence-electron chi connectivity index (χ3n) is 2.01. The van der Waals surface area contributed by atoms with Gasteiger partial charge in [0.2, 0.25) is 0 Å². The van der Waals surface area contributed by atoms with Crippen molar-refractivity contribution in [2.75, 3.05) is 0 Å². The lowest BCUT2D eigenvalue weighted by molar-refractivity contribution is -0.422. The Morgan fingerprint density at radius 3 is 1.37 bits per heavy atom. The van der Waals surface area contributed by atoms with E-state index in [0.29, 0.717) is 0 Å². The van der Waals surface area contributed by atoms with E-state index in [1.165, 1.54) is 24.3 Å². The average molecular weight is 264 g/mol. The number of nitro groups is 2. The Morgan fingerprint density at radius 1 is 0.737 bits per heavy atom. The third-order valence-corrected chi connectivity index (χ3v) is 2.01. The molecule has 0 bridgehead atoms. The molecule has 0 saturated heterocycles. The zero-order valence-electron chi connectivity index (χ0n) is 9.60. The third kappa shape index (κ3) is 4.50. The van der Waals surface area contributed by atoms with Crippen LogP contribution in [0.15, 0.2) is 54.6 Å². The van der Waals surface area contributed by atoms with Gasteiger partial charge in [-0.2, -0.15) is 0 Å². The fourth-order valence-electron chi connectivity index (χ4n) is 1.19. The normalized spacial score (nSPS) is 9.11. The number of para-hydroxylation sites is 2. The number of halogens is 1. The van der Waals surface area contributed by atoms with E-state index in [4.69, 9.17) is 0 Å². The molecule has 0 atom stereocenters. The van der Waals surface area contributed by atoms with Crippen molar-refractivity contribution >= 4 is 11.4 Å². The van der Waals surface area contributed by atoms with E-state index < -0.39 is 21.2 Å². The van der Waals surface area contributed by atoms with E-state index in [2.05, 4.69) is 0 Å². The monoisotopic (exact) mass is 264 g/mol. The van der Waals surface area contributed by atoms with Crippen molar-refractivity contribution in [1.82, 2.24) is 0 Å². The molecule has 0 aromatic heterocycles. The maximum Gasteiger partial charge on any atom is 0.346 e. The summed E-state index contributed by atoms with van der Waals surface area (Å²) in [4.78, 5) is 18.9. The van der Waals surface area contributed by atoms with Crippen molar-refractivity contribution in [3.05, 3.63) is 80.6 Å². The Bertz CT molecular complexity index is 542. The van der Waals surface area contributed by atoms with E-state index in [-0.39, 0.29) is 5.82 Å². The second-order valence-electron chi connectivity index (χ2n) is 3.30. The van der Waals surface area contributed by atoms with Crippen LogP contribution in [-0.4, -0.2) is 9.85 Å². The molecule has 0 aliphatic carbocycles. The van der Waals surface area contributed by atoms with Gasteiger partial charge in [0, 0.05) is 12.1 Å². The average Bonchev–Trinajstić information content (AvgIpc) is 2.40. The quantitative estimate of drug-likeness (QED) is 0.614. The van der Waals surface area contributed by atoms with Crippen molar-refractivity contribution < 1.29 is 14.2 Å². The van der Waals surface area contributed by atoms with Gasteiger partial charge in [0.15, 0.2) is 0 Å². The van der Waals surface area contributed by atoms with Gasteiger partial charge in [0.1, 0.15) is 5.82 Å². The van der Waals surface area contributed by atoms with Gasteiger partial charge in [0.25, 0.3) is 0 Å². The van der Waals surface area contributed by atoms with Crippen LogP contribution in [-0.2, 0) is 0 Å². The highest BCUT2D eigenvalue weighted by atomic mass is 19.1. The zero-order chi connectivity index (χ0) is 14.3. The Morgan fingerprint density at radius 2 is 1.11 bits per heavy atom. The lowest BCUT2D eigenvalue weighted by atomic mass is 10.3. The molecule has 2 rings (SSSR count). The van der Waals surface area contributed by atoms with Crippen LogP contribution in [0.4, 0.5) is 15.8 Å². The van der Waals surface area contributed by atoms with Gasteiger partial charge in [0.05, 0.1) is 9.85 Å². The summed E-state index contributed by atoms with van der Waals surface area (Å²) in [5.41, 5.74) is -0.968. The largest absolute Gasteiger partial charge is 0.346 e. The molecule has 98 valence electrons. The van der Waals surface area contributed by atoms with Crippen LogP contribution < -0.4 is 0 Å². The van der Waals surface area contributed by atoms with E-state index in [1.54, 1.807) is 18.2 Å². The van der Waals surface area contributed by atoms with E-state index in [1.807, 2.05) is 0 Å². The first-order valence-corrected chi connectivity index (χ1v) is 5.10. The van der Waals surface area contributed by atoms with Crippen LogP contribution in [0.3, 0.4) is 0 Å². The maximum atomic E-state index is 11.9. The minimum atomic E-state index is -0.780. The fraction of sp³-hybridized carbons (Fsp3) is 0. The van der Waals surface area contributed by atoms with Gasteiger partial charge in [-0.1, -0.05) is 30.3 Å². The first kappa shape index (κ1) is 14.2. The van der Waals surface area contributed by atoms with Crippen molar-refractivity contribution in [1.29, 1.82) is 0 Å². The summed E-state index contributed by atoms with van der Waals surface area (Å²) < 4.78 is 11.9. The number of hydrogen-bond donors (Lipinski definition) is 0. The molecule has 6 nitrogen and oxygen atoms in total. The molecule has 0 radical (unpaired) electrons. The summed E-state index contributed by atoms with van der Waals surface area (Å²) in [5.74, 6) is -0.178. The molecule has 0 unspecified atom stereocenters. The summed E-state index contributed by atoms with van der Waals surface area (Å²) in [6.45, 7) is 0.